The van der Waals surface area contributed by atoms with Gasteiger partial charge in [-0.2, -0.15) is 0 Å². The van der Waals surface area contributed by atoms with Crippen molar-refractivity contribution in [2.75, 3.05) is 0 Å². The predicted molar refractivity (Wildman–Crippen MR) is 83.9 cm³/mol. The summed E-state index contributed by atoms with van der Waals surface area (Å²) in [5.41, 5.74) is 1.37. The summed E-state index contributed by atoms with van der Waals surface area (Å²) in [6, 6.07) is 8.18. The van der Waals surface area contributed by atoms with Gasteiger partial charge in [0.25, 0.3) is 0 Å². The van der Waals surface area contributed by atoms with Gasteiger partial charge in [-0.05, 0) is 42.9 Å². The number of halogens is 2. The third kappa shape index (κ3) is 6.54. The molecule has 0 saturated carbocycles. The molecule has 2 rings (SSSR count). The van der Waals surface area contributed by atoms with Crippen LogP contribution in [-0.2, 0) is 19.5 Å². The zero-order valence-electron chi connectivity index (χ0n) is 12.8. The molecule has 1 aromatic carbocycles. The molecule has 2 nitrogen and oxygen atoms in total. The average molecular weight is 327 g/mol. The summed E-state index contributed by atoms with van der Waals surface area (Å²) < 4.78 is 4.55. The van der Waals surface area contributed by atoms with Crippen LogP contribution in [0.25, 0.3) is 0 Å². The van der Waals surface area contributed by atoms with Crippen LogP contribution in [0, 0.1) is 5.92 Å². The average Bonchev–Trinajstić information content (AvgIpc) is 2.83. The summed E-state index contributed by atoms with van der Waals surface area (Å²) in [5.74, 6) is 0.695. The number of hydrogen-bond donors (Lipinski definition) is 0. The van der Waals surface area contributed by atoms with Crippen molar-refractivity contribution in [3.8, 4) is 0 Å². The number of rotatable bonds is 7. The van der Waals surface area contributed by atoms with Crippen LogP contribution in [0.15, 0.2) is 43.0 Å². The third-order valence-electron chi connectivity index (χ3n) is 3.37. The van der Waals surface area contributed by atoms with E-state index < -0.39 is 0 Å². The van der Waals surface area contributed by atoms with Gasteiger partial charge in [-0.15, -0.1) is 0 Å². The molecule has 0 aliphatic carbocycles. The minimum atomic E-state index is 0. The molecule has 2 aromatic rings. The van der Waals surface area contributed by atoms with Crippen molar-refractivity contribution < 1.29 is 17.0 Å². The first-order valence-electron chi connectivity index (χ1n) is 7.43. The van der Waals surface area contributed by atoms with E-state index in [2.05, 4.69) is 53.8 Å². The number of benzene rings is 1. The minimum Gasteiger partial charge on any atom is -1.00 e. The van der Waals surface area contributed by atoms with Crippen molar-refractivity contribution in [2.24, 2.45) is 5.92 Å². The molecule has 0 saturated heterocycles. The minimum absolute atomic E-state index is 0. The van der Waals surface area contributed by atoms with E-state index >= 15 is 0 Å². The van der Waals surface area contributed by atoms with E-state index in [1.165, 1.54) is 18.4 Å². The number of aromatic nitrogens is 2. The van der Waals surface area contributed by atoms with Crippen molar-refractivity contribution in [3.63, 3.8) is 0 Å². The second kappa shape index (κ2) is 9.11. The highest BCUT2D eigenvalue weighted by Gasteiger charge is 2.05. The Morgan fingerprint density at radius 1 is 1.14 bits per heavy atom. The van der Waals surface area contributed by atoms with Gasteiger partial charge in [0.05, 0.1) is 13.1 Å². The maximum atomic E-state index is 5.89. The van der Waals surface area contributed by atoms with Crippen LogP contribution in [-0.4, -0.2) is 4.57 Å². The van der Waals surface area contributed by atoms with E-state index in [-0.39, 0.29) is 12.4 Å². The molecule has 0 radical (unpaired) electrons. The summed E-state index contributed by atoms with van der Waals surface area (Å²) in [7, 11) is 0. The highest BCUT2D eigenvalue weighted by atomic mass is 35.5. The van der Waals surface area contributed by atoms with Gasteiger partial charge >= 0.3 is 0 Å². The molecule has 0 aliphatic rings. The van der Waals surface area contributed by atoms with Crippen LogP contribution in [0.2, 0.25) is 5.02 Å². The van der Waals surface area contributed by atoms with Gasteiger partial charge in [0.1, 0.15) is 12.4 Å². The molecular formula is C17H24Cl2N2. The SMILES string of the molecule is CC(C)Cn1cc[n+](CCCCc2ccc(Cl)cc2)c1.[Cl-]. The normalized spacial score (nSPS) is 10.7. The molecule has 0 fully saturated rings. The predicted octanol–water partition coefficient (Wildman–Crippen LogP) is 1.11. The maximum absolute atomic E-state index is 5.89. The largest absolute Gasteiger partial charge is 1.00 e. The monoisotopic (exact) mass is 326 g/mol. The van der Waals surface area contributed by atoms with Gasteiger partial charge in [-0.3, -0.25) is 0 Å². The first kappa shape index (κ1) is 18.1. The highest BCUT2D eigenvalue weighted by Crippen LogP contribution is 2.11. The van der Waals surface area contributed by atoms with Gasteiger partial charge < -0.3 is 12.4 Å². The van der Waals surface area contributed by atoms with Gasteiger partial charge in [0.15, 0.2) is 0 Å². The number of nitrogens with zero attached hydrogens (tertiary/aromatic N) is 2. The fourth-order valence-electron chi connectivity index (χ4n) is 2.38. The quantitative estimate of drug-likeness (QED) is 0.532. The van der Waals surface area contributed by atoms with E-state index in [0.29, 0.717) is 5.92 Å². The molecule has 0 bridgehead atoms. The Kier molecular flexibility index (Phi) is 7.84. The molecule has 0 aliphatic heterocycles. The van der Waals surface area contributed by atoms with Crippen LogP contribution < -0.4 is 17.0 Å². The Labute approximate surface area is 139 Å². The molecule has 4 heteroatoms. The summed E-state index contributed by atoms with van der Waals surface area (Å²) >= 11 is 5.89. The number of hydrogen-bond acceptors (Lipinski definition) is 0. The fourth-order valence-corrected chi connectivity index (χ4v) is 2.50. The molecule has 1 aromatic heterocycles. The number of imidazole rings is 1. The lowest BCUT2D eigenvalue weighted by molar-refractivity contribution is -0.696. The van der Waals surface area contributed by atoms with Crippen molar-refractivity contribution in [2.45, 2.75) is 46.2 Å². The first-order valence-corrected chi connectivity index (χ1v) is 7.80. The van der Waals surface area contributed by atoms with Crippen LogP contribution >= 0.6 is 11.6 Å². The lowest BCUT2D eigenvalue weighted by Gasteiger charge is -2.01. The smallest absolute Gasteiger partial charge is 0.243 e. The molecule has 0 N–H and O–H groups in total. The summed E-state index contributed by atoms with van der Waals surface area (Å²) in [5, 5.41) is 0.816. The lowest BCUT2D eigenvalue weighted by Crippen LogP contribution is -3.00. The van der Waals surface area contributed by atoms with Crippen LogP contribution in [0.3, 0.4) is 0 Å². The highest BCUT2D eigenvalue weighted by molar-refractivity contribution is 6.30. The Bertz CT molecular complexity index is 518. The Hall–Kier alpha value is -0.990. The molecule has 0 atom stereocenters. The van der Waals surface area contributed by atoms with E-state index in [1.807, 2.05) is 12.1 Å². The molecule has 21 heavy (non-hydrogen) atoms. The number of unbranched alkanes of at least 4 members (excludes halogenated alkanes) is 1. The summed E-state index contributed by atoms with van der Waals surface area (Å²) in [4.78, 5) is 0. The van der Waals surface area contributed by atoms with Gasteiger partial charge in [-0.25, -0.2) is 9.13 Å². The van der Waals surface area contributed by atoms with E-state index in [0.717, 1.165) is 24.5 Å². The van der Waals surface area contributed by atoms with Crippen LogP contribution in [0.5, 0.6) is 0 Å². The topological polar surface area (TPSA) is 8.81 Å². The Morgan fingerprint density at radius 2 is 1.86 bits per heavy atom. The Balaban J connectivity index is 0.00000220. The van der Waals surface area contributed by atoms with Crippen molar-refractivity contribution in [1.82, 2.24) is 4.57 Å². The molecule has 0 unspecified atom stereocenters. The summed E-state index contributed by atoms with van der Waals surface area (Å²) in [6.07, 6.45) is 10.1. The van der Waals surface area contributed by atoms with Crippen LogP contribution in [0.1, 0.15) is 32.3 Å². The van der Waals surface area contributed by atoms with Gasteiger partial charge in [0.2, 0.25) is 6.33 Å². The second-order valence-corrected chi connectivity index (χ2v) is 6.26. The summed E-state index contributed by atoms with van der Waals surface area (Å²) in [6.45, 7) is 6.68. The third-order valence-corrected chi connectivity index (χ3v) is 3.62. The van der Waals surface area contributed by atoms with E-state index in [4.69, 9.17) is 11.6 Å². The number of aryl methyl sites for hydroxylation is 2. The van der Waals surface area contributed by atoms with E-state index in [9.17, 15) is 0 Å². The van der Waals surface area contributed by atoms with Crippen LogP contribution in [0.4, 0.5) is 0 Å². The first-order chi connectivity index (χ1) is 9.63. The van der Waals surface area contributed by atoms with E-state index in [1.54, 1.807) is 0 Å². The zero-order valence-corrected chi connectivity index (χ0v) is 14.3. The Morgan fingerprint density at radius 3 is 2.52 bits per heavy atom. The van der Waals surface area contributed by atoms with Crippen molar-refractivity contribution in [3.05, 3.63) is 53.6 Å². The molecule has 116 valence electrons. The standard InChI is InChI=1S/C17H24ClN2.ClH/c1-15(2)13-20-12-11-19(14-20)10-4-3-5-16-6-8-17(18)9-7-16;/h6-9,11-12,14-15H,3-5,10,13H2,1-2H3;1H/q+1;/p-1. The second-order valence-electron chi connectivity index (χ2n) is 5.83. The van der Waals surface area contributed by atoms with Crippen molar-refractivity contribution in [1.29, 1.82) is 0 Å². The van der Waals surface area contributed by atoms with Crippen molar-refractivity contribution >= 4 is 11.6 Å². The molecular weight excluding hydrogens is 303 g/mol. The molecule has 0 spiro atoms. The lowest BCUT2D eigenvalue weighted by atomic mass is 10.1. The molecule has 1 heterocycles. The fraction of sp³-hybridized carbons (Fsp3) is 0.471. The maximum Gasteiger partial charge on any atom is 0.243 e. The molecule has 0 amide bonds. The van der Waals surface area contributed by atoms with Gasteiger partial charge in [0, 0.05) is 5.02 Å². The van der Waals surface area contributed by atoms with Gasteiger partial charge in [-0.1, -0.05) is 37.6 Å². The zero-order chi connectivity index (χ0) is 14.4.